The second-order valence-electron chi connectivity index (χ2n) is 5.30. The van der Waals surface area contributed by atoms with Crippen LogP contribution in [-0.4, -0.2) is 25.4 Å². The zero-order valence-corrected chi connectivity index (χ0v) is 12.4. The van der Waals surface area contributed by atoms with Gasteiger partial charge in [0.25, 0.3) is 5.91 Å². The number of amides is 1. The van der Waals surface area contributed by atoms with E-state index >= 15 is 0 Å². The summed E-state index contributed by atoms with van der Waals surface area (Å²) in [4.78, 5) is 12.0. The van der Waals surface area contributed by atoms with Crippen molar-refractivity contribution in [2.75, 3.05) is 4.72 Å². The van der Waals surface area contributed by atoms with Crippen molar-refractivity contribution in [3.8, 4) is 0 Å². The van der Waals surface area contributed by atoms with Crippen LogP contribution in [0.25, 0.3) is 0 Å². The Kier molecular flexibility index (Phi) is 4.57. The topological polar surface area (TPSA) is 75.3 Å². The predicted molar refractivity (Wildman–Crippen MR) is 72.3 cm³/mol. The van der Waals surface area contributed by atoms with E-state index in [0.29, 0.717) is 0 Å². The first-order valence-electron chi connectivity index (χ1n) is 5.84. The molecule has 9 heteroatoms. The average Bonchev–Trinajstić information content (AvgIpc) is 2.25. The second-order valence-corrected chi connectivity index (χ2v) is 6.97. The van der Waals surface area contributed by atoms with Crippen LogP contribution < -0.4 is 10.0 Å². The summed E-state index contributed by atoms with van der Waals surface area (Å²) in [5.41, 5.74) is -6.70. The molecule has 0 unspecified atom stereocenters. The van der Waals surface area contributed by atoms with Crippen LogP contribution in [0, 0.1) is 0 Å². The van der Waals surface area contributed by atoms with E-state index in [1.54, 1.807) is 20.8 Å². The first kappa shape index (κ1) is 17.3. The summed E-state index contributed by atoms with van der Waals surface area (Å²) in [6.07, 6.45) is 0. The number of sulfonamides is 1. The van der Waals surface area contributed by atoms with E-state index in [1.165, 1.54) is 22.9 Å². The van der Waals surface area contributed by atoms with E-state index in [4.69, 9.17) is 0 Å². The summed E-state index contributed by atoms with van der Waals surface area (Å²) in [5, 5.41) is 2.55. The van der Waals surface area contributed by atoms with Gasteiger partial charge in [0.2, 0.25) is 0 Å². The molecule has 0 saturated carbocycles. The van der Waals surface area contributed by atoms with Crippen LogP contribution in [0.3, 0.4) is 0 Å². The number of halogens is 3. The number of rotatable bonds is 3. The molecule has 21 heavy (non-hydrogen) atoms. The normalized spacial score (nSPS) is 12.9. The largest absolute Gasteiger partial charge is 0.516 e. The molecular weight excluding hydrogens is 309 g/mol. The summed E-state index contributed by atoms with van der Waals surface area (Å²) in [6.45, 7) is 5.06. The van der Waals surface area contributed by atoms with Crippen LogP contribution >= 0.6 is 0 Å². The van der Waals surface area contributed by atoms with Gasteiger partial charge in [0.1, 0.15) is 0 Å². The van der Waals surface area contributed by atoms with E-state index in [9.17, 15) is 26.4 Å². The molecule has 0 aromatic heterocycles. The van der Waals surface area contributed by atoms with Crippen LogP contribution in [0.15, 0.2) is 24.3 Å². The average molecular weight is 324 g/mol. The molecule has 1 amide bonds. The Labute approximate surface area is 120 Å². The van der Waals surface area contributed by atoms with Gasteiger partial charge in [-0.2, -0.15) is 21.6 Å². The molecule has 0 fully saturated rings. The second kappa shape index (κ2) is 5.55. The van der Waals surface area contributed by atoms with Crippen molar-refractivity contribution in [2.24, 2.45) is 0 Å². The Bertz CT molecular complexity index is 634. The zero-order chi connectivity index (χ0) is 16.5. The number of carbonyl (C=O) groups is 1. The highest BCUT2D eigenvalue weighted by Crippen LogP contribution is 2.27. The number of carbonyl (C=O) groups excluding carboxylic acids is 1. The molecule has 0 spiro atoms. The molecule has 0 saturated heterocycles. The number of nitrogens with one attached hydrogen (secondary N) is 2. The maximum atomic E-state index is 12.4. The fraction of sp³-hybridized carbons (Fsp3) is 0.417. The lowest BCUT2D eigenvalue weighted by atomic mass is 10.1. The fourth-order valence-electron chi connectivity index (χ4n) is 1.38. The highest BCUT2D eigenvalue weighted by Gasteiger charge is 2.46. The minimum Gasteiger partial charge on any atom is -0.347 e. The molecule has 118 valence electrons. The first-order chi connectivity index (χ1) is 9.33. The van der Waals surface area contributed by atoms with Crippen LogP contribution in [0.5, 0.6) is 0 Å². The van der Waals surface area contributed by atoms with Crippen molar-refractivity contribution in [3.05, 3.63) is 29.8 Å². The van der Waals surface area contributed by atoms with Crippen molar-refractivity contribution in [2.45, 2.75) is 31.8 Å². The van der Waals surface area contributed by atoms with Gasteiger partial charge >= 0.3 is 15.5 Å². The summed E-state index contributed by atoms with van der Waals surface area (Å²) >= 11 is 0. The van der Waals surface area contributed by atoms with Gasteiger partial charge < -0.3 is 5.32 Å². The summed E-state index contributed by atoms with van der Waals surface area (Å²) in [6, 6.07) is 5.06. The highest BCUT2D eigenvalue weighted by molar-refractivity contribution is 7.93. The number of hydrogen-bond donors (Lipinski definition) is 2. The van der Waals surface area contributed by atoms with Crippen LogP contribution in [0.1, 0.15) is 31.1 Å². The molecule has 0 aliphatic heterocycles. The van der Waals surface area contributed by atoms with Crippen LogP contribution in [0.2, 0.25) is 0 Å². The number of hydrogen-bond acceptors (Lipinski definition) is 3. The molecule has 1 aromatic carbocycles. The zero-order valence-electron chi connectivity index (χ0n) is 11.6. The van der Waals surface area contributed by atoms with Gasteiger partial charge in [-0.05, 0) is 32.9 Å². The third-order valence-corrected chi connectivity index (χ3v) is 3.31. The molecule has 1 rings (SSSR count). The Morgan fingerprint density at radius 1 is 1.10 bits per heavy atom. The van der Waals surface area contributed by atoms with E-state index in [2.05, 4.69) is 5.32 Å². The quantitative estimate of drug-likeness (QED) is 0.897. The third-order valence-electron chi connectivity index (χ3n) is 2.21. The Balaban J connectivity index is 3.15. The van der Waals surface area contributed by atoms with E-state index in [1.807, 2.05) is 0 Å². The molecule has 0 heterocycles. The minimum atomic E-state index is -5.58. The van der Waals surface area contributed by atoms with Crippen molar-refractivity contribution >= 4 is 21.6 Å². The maximum absolute atomic E-state index is 12.4. The summed E-state index contributed by atoms with van der Waals surface area (Å²) in [5.74, 6) is -0.678. The van der Waals surface area contributed by atoms with Crippen molar-refractivity contribution in [1.29, 1.82) is 0 Å². The van der Waals surface area contributed by atoms with E-state index < -0.39 is 32.7 Å². The molecule has 5 nitrogen and oxygen atoms in total. The van der Waals surface area contributed by atoms with Gasteiger partial charge in [-0.15, -0.1) is 0 Å². The first-order valence-corrected chi connectivity index (χ1v) is 7.32. The number of benzene rings is 1. The van der Waals surface area contributed by atoms with Crippen LogP contribution in [-0.2, 0) is 10.0 Å². The third kappa shape index (κ3) is 4.62. The minimum absolute atomic E-state index is 0.194. The smallest absolute Gasteiger partial charge is 0.347 e. The van der Waals surface area contributed by atoms with Crippen LogP contribution in [0.4, 0.5) is 18.9 Å². The predicted octanol–water partition coefficient (Wildman–Crippen LogP) is 2.48. The molecule has 2 N–H and O–H groups in total. The van der Waals surface area contributed by atoms with Gasteiger partial charge in [-0.1, -0.05) is 12.1 Å². The lowest BCUT2D eigenvalue weighted by molar-refractivity contribution is -0.0429. The summed E-state index contributed by atoms with van der Waals surface area (Å²) < 4.78 is 60.7. The molecule has 0 atom stereocenters. The maximum Gasteiger partial charge on any atom is 0.516 e. The SMILES string of the molecule is CC(C)(C)NC(=O)c1ccccc1NS(=O)(=O)C(F)(F)F. The standard InChI is InChI=1S/C12H15F3N2O3S/c1-11(2,3)16-10(18)8-6-4-5-7-9(8)17-21(19,20)12(13,14)15/h4-7,17H,1-3H3,(H,16,18). The van der Waals surface area contributed by atoms with Gasteiger partial charge in [0, 0.05) is 5.54 Å². The van der Waals surface area contributed by atoms with Crippen molar-refractivity contribution in [1.82, 2.24) is 5.32 Å². The van der Waals surface area contributed by atoms with Gasteiger partial charge in [0.15, 0.2) is 0 Å². The molecular formula is C12H15F3N2O3S. The van der Waals surface area contributed by atoms with Crippen molar-refractivity contribution < 1.29 is 26.4 Å². The highest BCUT2D eigenvalue weighted by atomic mass is 32.2. The lowest BCUT2D eigenvalue weighted by Crippen LogP contribution is -2.41. The molecule has 0 aliphatic carbocycles. The lowest BCUT2D eigenvalue weighted by Gasteiger charge is -2.21. The van der Waals surface area contributed by atoms with Crippen molar-refractivity contribution in [3.63, 3.8) is 0 Å². The fourth-order valence-corrected chi connectivity index (χ4v) is 1.96. The summed E-state index contributed by atoms with van der Waals surface area (Å²) in [7, 11) is -5.58. The Hall–Kier alpha value is -1.77. The van der Waals surface area contributed by atoms with Gasteiger partial charge in [-0.3, -0.25) is 9.52 Å². The molecule has 0 radical (unpaired) electrons. The van der Waals surface area contributed by atoms with E-state index in [-0.39, 0.29) is 5.56 Å². The number of para-hydroxylation sites is 1. The Morgan fingerprint density at radius 3 is 2.10 bits per heavy atom. The van der Waals surface area contributed by atoms with Gasteiger partial charge in [0.05, 0.1) is 11.3 Å². The monoisotopic (exact) mass is 324 g/mol. The number of anilines is 1. The Morgan fingerprint density at radius 2 is 1.62 bits per heavy atom. The molecule has 0 bridgehead atoms. The number of alkyl halides is 3. The van der Waals surface area contributed by atoms with Gasteiger partial charge in [-0.25, -0.2) is 0 Å². The van der Waals surface area contributed by atoms with E-state index in [0.717, 1.165) is 6.07 Å². The molecule has 0 aliphatic rings. The molecule has 1 aromatic rings.